The van der Waals surface area contributed by atoms with Crippen molar-refractivity contribution in [3.8, 4) is 5.75 Å². The van der Waals surface area contributed by atoms with Gasteiger partial charge in [0.15, 0.2) is 5.75 Å². The molecule has 0 radical (unpaired) electrons. The summed E-state index contributed by atoms with van der Waals surface area (Å²) in [7, 11) is 0. The molecular formula is C12H8BrF2NO. The molecule has 0 amide bonds. The third kappa shape index (κ3) is 2.79. The van der Waals surface area contributed by atoms with E-state index in [0.29, 0.717) is 0 Å². The fourth-order valence-electron chi connectivity index (χ4n) is 1.28. The average molecular weight is 300 g/mol. The molecule has 0 bridgehead atoms. The molecule has 0 N–H and O–H groups in total. The van der Waals surface area contributed by atoms with E-state index in [2.05, 4.69) is 25.7 Å². The van der Waals surface area contributed by atoms with E-state index in [9.17, 15) is 8.78 Å². The Hall–Kier alpha value is -1.49. The van der Waals surface area contributed by atoms with Crippen molar-refractivity contribution in [1.82, 2.24) is 4.98 Å². The van der Waals surface area contributed by atoms with Gasteiger partial charge in [-0.2, -0.15) is 8.78 Å². The van der Waals surface area contributed by atoms with E-state index in [1.54, 1.807) is 6.07 Å². The van der Waals surface area contributed by atoms with Gasteiger partial charge in [-0.1, -0.05) is 18.2 Å². The van der Waals surface area contributed by atoms with Gasteiger partial charge >= 0.3 is 6.11 Å². The van der Waals surface area contributed by atoms with Crippen LogP contribution in [0.15, 0.2) is 53.3 Å². The molecule has 0 aliphatic heterocycles. The number of nitrogens with zero attached hydrogens (tertiary/aromatic N) is 1. The summed E-state index contributed by atoms with van der Waals surface area (Å²) in [5.74, 6) is 0.00125. The highest BCUT2D eigenvalue weighted by molar-refractivity contribution is 9.10. The largest absolute Gasteiger partial charge is 0.426 e. The van der Waals surface area contributed by atoms with Gasteiger partial charge < -0.3 is 4.74 Å². The predicted octanol–water partition coefficient (Wildman–Crippen LogP) is 3.97. The van der Waals surface area contributed by atoms with Crippen molar-refractivity contribution in [2.75, 3.05) is 0 Å². The number of halogens is 3. The number of rotatable bonds is 3. The fraction of sp³-hybridized carbons (Fsp3) is 0.0833. The molecule has 1 heterocycles. The van der Waals surface area contributed by atoms with Gasteiger partial charge in [0.1, 0.15) is 4.60 Å². The quantitative estimate of drug-likeness (QED) is 0.800. The van der Waals surface area contributed by atoms with Gasteiger partial charge in [0, 0.05) is 6.20 Å². The maximum absolute atomic E-state index is 13.8. The van der Waals surface area contributed by atoms with Gasteiger partial charge in [-0.3, -0.25) is 0 Å². The van der Waals surface area contributed by atoms with E-state index in [0.717, 1.165) is 0 Å². The number of hydrogen-bond acceptors (Lipinski definition) is 2. The van der Waals surface area contributed by atoms with Crippen LogP contribution in [0.3, 0.4) is 0 Å². The lowest BCUT2D eigenvalue weighted by Gasteiger charge is -2.18. The molecule has 0 fully saturated rings. The van der Waals surface area contributed by atoms with Crippen LogP contribution in [0, 0.1) is 0 Å². The molecule has 0 atom stereocenters. The highest BCUT2D eigenvalue weighted by Gasteiger charge is 2.34. The number of aromatic nitrogens is 1. The summed E-state index contributed by atoms with van der Waals surface area (Å²) in [5, 5.41) is 0. The maximum atomic E-state index is 13.8. The molecule has 2 rings (SSSR count). The predicted molar refractivity (Wildman–Crippen MR) is 62.9 cm³/mol. The Morgan fingerprint density at radius 3 is 2.41 bits per heavy atom. The van der Waals surface area contributed by atoms with Crippen molar-refractivity contribution in [1.29, 1.82) is 0 Å². The first kappa shape index (κ1) is 12.0. The van der Waals surface area contributed by atoms with Gasteiger partial charge in [-0.25, -0.2) is 4.98 Å². The summed E-state index contributed by atoms with van der Waals surface area (Å²) in [6, 6.07) is 10.3. The average Bonchev–Trinajstić information content (AvgIpc) is 2.33. The Morgan fingerprint density at radius 2 is 1.76 bits per heavy atom. The summed E-state index contributed by atoms with van der Waals surface area (Å²) in [6.45, 7) is 0. The van der Waals surface area contributed by atoms with Crippen LogP contribution >= 0.6 is 15.9 Å². The molecule has 0 saturated heterocycles. The normalized spacial score (nSPS) is 11.2. The molecule has 0 saturated carbocycles. The van der Waals surface area contributed by atoms with Crippen molar-refractivity contribution in [3.05, 3.63) is 58.8 Å². The highest BCUT2D eigenvalue weighted by Crippen LogP contribution is 2.33. The van der Waals surface area contributed by atoms with E-state index in [-0.39, 0.29) is 15.9 Å². The number of alkyl halides is 2. The van der Waals surface area contributed by atoms with Crippen molar-refractivity contribution < 1.29 is 13.5 Å². The molecule has 0 aliphatic rings. The zero-order chi connectivity index (χ0) is 12.3. The molecular weight excluding hydrogens is 292 g/mol. The van der Waals surface area contributed by atoms with Crippen molar-refractivity contribution in [3.63, 3.8) is 0 Å². The summed E-state index contributed by atoms with van der Waals surface area (Å²) >= 11 is 3.05. The SMILES string of the molecule is FC(F)(Oc1cccnc1Br)c1ccccc1. The van der Waals surface area contributed by atoms with E-state index in [4.69, 9.17) is 0 Å². The number of benzene rings is 1. The second kappa shape index (κ2) is 4.79. The standard InChI is InChI=1S/C12H8BrF2NO/c13-11-10(7-4-8-16-11)17-12(14,15)9-5-2-1-3-6-9/h1-8H. The van der Waals surface area contributed by atoms with E-state index < -0.39 is 6.11 Å². The van der Waals surface area contributed by atoms with E-state index in [1.165, 1.54) is 42.6 Å². The van der Waals surface area contributed by atoms with E-state index >= 15 is 0 Å². The molecule has 0 spiro atoms. The highest BCUT2D eigenvalue weighted by atomic mass is 79.9. The molecule has 0 unspecified atom stereocenters. The second-order valence-corrected chi connectivity index (χ2v) is 4.03. The minimum Gasteiger partial charge on any atom is -0.426 e. The first-order chi connectivity index (χ1) is 8.09. The monoisotopic (exact) mass is 299 g/mol. The van der Waals surface area contributed by atoms with Crippen molar-refractivity contribution >= 4 is 15.9 Å². The molecule has 0 aliphatic carbocycles. The third-order valence-corrected chi connectivity index (χ3v) is 2.67. The van der Waals surface area contributed by atoms with Gasteiger partial charge in [0.25, 0.3) is 0 Å². The Bertz CT molecular complexity index is 505. The minimum atomic E-state index is -3.38. The van der Waals surface area contributed by atoms with Crippen LogP contribution in [-0.2, 0) is 6.11 Å². The lowest BCUT2D eigenvalue weighted by atomic mass is 10.2. The van der Waals surface area contributed by atoms with Crippen LogP contribution in [0.5, 0.6) is 5.75 Å². The van der Waals surface area contributed by atoms with Gasteiger partial charge in [0.05, 0.1) is 5.56 Å². The van der Waals surface area contributed by atoms with Crippen LogP contribution in [0.25, 0.3) is 0 Å². The first-order valence-electron chi connectivity index (χ1n) is 4.82. The lowest BCUT2D eigenvalue weighted by molar-refractivity contribution is -0.186. The van der Waals surface area contributed by atoms with Crippen LogP contribution in [-0.4, -0.2) is 4.98 Å². The summed E-state index contributed by atoms with van der Waals surface area (Å²) < 4.78 is 32.4. The van der Waals surface area contributed by atoms with Crippen molar-refractivity contribution in [2.45, 2.75) is 6.11 Å². The molecule has 5 heteroatoms. The molecule has 17 heavy (non-hydrogen) atoms. The molecule has 1 aromatic heterocycles. The zero-order valence-corrected chi connectivity index (χ0v) is 10.2. The smallest absolute Gasteiger partial charge is 0.426 e. The first-order valence-corrected chi connectivity index (χ1v) is 5.62. The molecule has 2 aromatic rings. The summed E-state index contributed by atoms with van der Waals surface area (Å²) in [6.07, 6.45) is -1.90. The Labute approximate surface area is 105 Å². The summed E-state index contributed by atoms with van der Waals surface area (Å²) in [5.41, 5.74) is -0.198. The Balaban J connectivity index is 2.27. The van der Waals surface area contributed by atoms with Crippen LogP contribution in [0.4, 0.5) is 8.78 Å². The number of ether oxygens (including phenoxy) is 1. The van der Waals surface area contributed by atoms with Crippen molar-refractivity contribution in [2.24, 2.45) is 0 Å². The summed E-state index contributed by atoms with van der Waals surface area (Å²) in [4.78, 5) is 3.82. The zero-order valence-electron chi connectivity index (χ0n) is 8.61. The van der Waals surface area contributed by atoms with Gasteiger partial charge in [0.2, 0.25) is 0 Å². The fourth-order valence-corrected chi connectivity index (χ4v) is 1.61. The molecule has 88 valence electrons. The number of hydrogen-bond donors (Lipinski definition) is 0. The molecule has 1 aromatic carbocycles. The van der Waals surface area contributed by atoms with Gasteiger partial charge in [-0.05, 0) is 40.2 Å². The second-order valence-electron chi connectivity index (χ2n) is 3.28. The van der Waals surface area contributed by atoms with Gasteiger partial charge in [-0.15, -0.1) is 0 Å². The lowest BCUT2D eigenvalue weighted by Crippen LogP contribution is -2.22. The van der Waals surface area contributed by atoms with Crippen LogP contribution in [0.1, 0.15) is 5.56 Å². The Morgan fingerprint density at radius 1 is 1.06 bits per heavy atom. The molecule has 2 nitrogen and oxygen atoms in total. The maximum Gasteiger partial charge on any atom is 0.426 e. The van der Waals surface area contributed by atoms with Crippen LogP contribution < -0.4 is 4.74 Å². The number of pyridine rings is 1. The third-order valence-electron chi connectivity index (χ3n) is 2.07. The van der Waals surface area contributed by atoms with E-state index in [1.807, 2.05) is 0 Å². The minimum absolute atomic E-state index is 0.00125. The van der Waals surface area contributed by atoms with Crippen LogP contribution in [0.2, 0.25) is 0 Å². The topological polar surface area (TPSA) is 22.1 Å². The Kier molecular flexibility index (Phi) is 3.38.